The van der Waals surface area contributed by atoms with Crippen LogP contribution in [-0.2, 0) is 16.9 Å². The minimum absolute atomic E-state index is 0.113. The molecular weight excluding hydrogens is 703 g/mol. The Morgan fingerprint density at radius 3 is 2.54 bits per heavy atom. The number of carbonyl (C=O) groups excluding carboxylic acids is 2. The molecule has 6 rings (SSSR count). The van der Waals surface area contributed by atoms with Gasteiger partial charge in [0.2, 0.25) is 5.95 Å². The first-order valence-electron chi connectivity index (χ1n) is 15.1. The third-order valence-corrected chi connectivity index (χ3v) is 8.93. The second kappa shape index (κ2) is 13.4. The van der Waals surface area contributed by atoms with E-state index in [1.54, 1.807) is 23.2 Å². The topological polar surface area (TPSA) is 93.7 Å². The molecule has 0 saturated carbocycles. The van der Waals surface area contributed by atoms with E-state index in [9.17, 15) is 18.4 Å². The number of halogens is 3. The monoisotopic (exact) mass is 737 g/mol. The molecule has 0 unspecified atom stereocenters. The molecule has 1 aromatic heterocycles. The Bertz CT molecular complexity index is 1770. The first-order chi connectivity index (χ1) is 22.0. The Hall–Kier alpha value is -4.01. The standard InChI is InChI=1S/C34H34F2IN7O2/c1-22-9-10-27(39-31(45)24-6-4-7-25(18-24)34(35,36)37)19-30(22)44-12-11-29-28(32(44)46)20-38-33(41-29)40-26-8-3-5-23(17-26)21-43-15-13-42(2)14-16-43/h3-10,17-20H,11-16,21H2,1-2H3,(H,39,45)(H,38,40,41). The molecule has 2 N–H and O–H groups in total. The highest BCUT2D eigenvalue weighted by Crippen LogP contribution is 2.35. The number of nitrogens with zero attached hydrogens (tertiary/aromatic N) is 5. The van der Waals surface area contributed by atoms with Crippen LogP contribution in [0.25, 0.3) is 0 Å². The number of rotatable bonds is 8. The van der Waals surface area contributed by atoms with Crippen LogP contribution in [0.5, 0.6) is 0 Å². The van der Waals surface area contributed by atoms with Crippen LogP contribution in [0.3, 0.4) is 0 Å². The second-order valence-electron chi connectivity index (χ2n) is 11.7. The molecule has 0 aliphatic carbocycles. The normalized spacial score (nSPS) is 15.8. The maximum absolute atomic E-state index is 13.8. The molecule has 4 aromatic rings. The summed E-state index contributed by atoms with van der Waals surface area (Å²) in [6.45, 7) is 7.39. The van der Waals surface area contributed by atoms with E-state index in [0.717, 1.165) is 66.6 Å². The lowest BCUT2D eigenvalue weighted by atomic mass is 10.0. The maximum Gasteiger partial charge on any atom is 0.321 e. The lowest BCUT2D eigenvalue weighted by molar-refractivity contribution is 0.0978. The quantitative estimate of drug-likeness (QED) is 0.164. The fourth-order valence-electron chi connectivity index (χ4n) is 5.70. The van der Waals surface area contributed by atoms with Crippen LogP contribution in [-0.4, -0.2) is 71.4 Å². The molecule has 0 spiro atoms. The Morgan fingerprint density at radius 1 is 0.978 bits per heavy atom. The highest BCUT2D eigenvalue weighted by Gasteiger charge is 2.29. The molecule has 9 nitrogen and oxygen atoms in total. The first kappa shape index (κ1) is 32.0. The molecule has 2 amide bonds. The van der Waals surface area contributed by atoms with Gasteiger partial charge < -0.3 is 20.4 Å². The maximum atomic E-state index is 13.8. The molecule has 46 heavy (non-hydrogen) atoms. The van der Waals surface area contributed by atoms with Crippen molar-refractivity contribution in [2.24, 2.45) is 0 Å². The average molecular weight is 738 g/mol. The number of anilines is 4. The minimum atomic E-state index is -3.09. The summed E-state index contributed by atoms with van der Waals surface area (Å²) < 4.78 is 24.5. The minimum Gasteiger partial charge on any atom is -0.324 e. The van der Waals surface area contributed by atoms with Gasteiger partial charge in [0.1, 0.15) is 0 Å². The summed E-state index contributed by atoms with van der Waals surface area (Å²) in [5.41, 5.74) is 4.98. The number of aryl methyl sites for hydroxylation is 1. The van der Waals surface area contributed by atoms with E-state index in [2.05, 4.69) is 49.6 Å². The SMILES string of the molecule is Cc1ccc(NC(=O)c2cccc(C(F)(F)I)c2)cc1N1CCc2nc(Nc3cccc(CN4CCN(C)CC4)c3)ncc2C1=O. The van der Waals surface area contributed by atoms with Crippen molar-refractivity contribution in [3.05, 3.63) is 106 Å². The van der Waals surface area contributed by atoms with Gasteiger partial charge in [-0.05, 0) is 61.5 Å². The van der Waals surface area contributed by atoms with Crippen LogP contribution in [0.4, 0.5) is 31.8 Å². The average Bonchev–Trinajstić information content (AvgIpc) is 3.03. The van der Waals surface area contributed by atoms with Crippen molar-refractivity contribution in [3.63, 3.8) is 0 Å². The van der Waals surface area contributed by atoms with Crippen LogP contribution in [0.2, 0.25) is 0 Å². The Kier molecular flexibility index (Phi) is 9.29. The predicted octanol–water partition coefficient (Wildman–Crippen LogP) is 6.22. The number of alkyl halides is 3. The molecule has 2 aliphatic heterocycles. The summed E-state index contributed by atoms with van der Waals surface area (Å²) in [7, 11) is 2.15. The molecule has 1 saturated heterocycles. The third-order valence-electron chi connectivity index (χ3n) is 8.31. The van der Waals surface area contributed by atoms with Gasteiger partial charge in [-0.3, -0.25) is 14.5 Å². The fourth-order valence-corrected chi connectivity index (χ4v) is 6.04. The van der Waals surface area contributed by atoms with Crippen molar-refractivity contribution in [1.29, 1.82) is 0 Å². The number of hydrogen-bond acceptors (Lipinski definition) is 7. The van der Waals surface area contributed by atoms with Crippen LogP contribution in [0, 0.1) is 6.92 Å². The molecule has 3 aromatic carbocycles. The first-order valence-corrected chi connectivity index (χ1v) is 16.2. The van der Waals surface area contributed by atoms with Crippen LogP contribution in [0.15, 0.2) is 72.9 Å². The molecule has 0 bridgehead atoms. The van der Waals surface area contributed by atoms with Gasteiger partial charge >= 0.3 is 3.93 Å². The number of carbonyl (C=O) groups is 2. The summed E-state index contributed by atoms with van der Waals surface area (Å²) in [4.78, 5) is 42.1. The van der Waals surface area contributed by atoms with Gasteiger partial charge in [0.05, 0.1) is 11.3 Å². The molecule has 0 atom stereocenters. The fraction of sp³-hybridized carbons (Fsp3) is 0.294. The Morgan fingerprint density at radius 2 is 1.76 bits per heavy atom. The van der Waals surface area contributed by atoms with Crippen molar-refractivity contribution < 1.29 is 18.4 Å². The van der Waals surface area contributed by atoms with Crippen LogP contribution < -0.4 is 15.5 Å². The third kappa shape index (κ3) is 7.34. The van der Waals surface area contributed by atoms with Gasteiger partial charge in [-0.2, -0.15) is 8.78 Å². The number of amides is 2. The molecule has 238 valence electrons. The van der Waals surface area contributed by atoms with E-state index < -0.39 is 9.84 Å². The number of fused-ring (bicyclic) bond motifs is 1. The predicted molar refractivity (Wildman–Crippen MR) is 183 cm³/mol. The van der Waals surface area contributed by atoms with Crippen LogP contribution in [0.1, 0.15) is 43.1 Å². The molecule has 2 aliphatic rings. The smallest absolute Gasteiger partial charge is 0.321 e. The zero-order valence-electron chi connectivity index (χ0n) is 25.6. The van der Waals surface area contributed by atoms with Gasteiger partial charge in [-0.25, -0.2) is 9.97 Å². The largest absolute Gasteiger partial charge is 0.324 e. The number of piperazine rings is 1. The van der Waals surface area contributed by atoms with Gasteiger partial charge in [0, 0.05) is 103 Å². The summed E-state index contributed by atoms with van der Waals surface area (Å²) in [6.07, 6.45) is 2.08. The Balaban J connectivity index is 1.14. The van der Waals surface area contributed by atoms with Crippen molar-refractivity contribution >= 4 is 57.4 Å². The number of nitrogens with one attached hydrogen (secondary N) is 2. The summed E-state index contributed by atoms with van der Waals surface area (Å²) in [5.74, 6) is -0.321. The number of aromatic nitrogens is 2. The molecule has 0 radical (unpaired) electrons. The van der Waals surface area contributed by atoms with Gasteiger partial charge in [-0.1, -0.05) is 30.3 Å². The van der Waals surface area contributed by atoms with Gasteiger partial charge in [0.25, 0.3) is 11.8 Å². The van der Waals surface area contributed by atoms with Crippen LogP contribution >= 0.6 is 22.6 Å². The molecule has 12 heteroatoms. The lowest BCUT2D eigenvalue weighted by Crippen LogP contribution is -2.43. The highest BCUT2D eigenvalue weighted by atomic mass is 127. The number of hydrogen-bond donors (Lipinski definition) is 2. The van der Waals surface area contributed by atoms with E-state index in [4.69, 9.17) is 0 Å². The molecular formula is C34H34F2IN7O2. The Labute approximate surface area is 280 Å². The van der Waals surface area contributed by atoms with E-state index in [1.165, 1.54) is 29.8 Å². The van der Waals surface area contributed by atoms with Gasteiger partial charge in [-0.15, -0.1) is 0 Å². The van der Waals surface area contributed by atoms with E-state index in [-0.39, 0.29) is 17.0 Å². The van der Waals surface area contributed by atoms with E-state index >= 15 is 0 Å². The summed E-state index contributed by atoms with van der Waals surface area (Å²) in [6, 6.07) is 18.9. The van der Waals surface area contributed by atoms with E-state index in [1.807, 2.05) is 25.1 Å². The zero-order valence-corrected chi connectivity index (χ0v) is 27.7. The lowest BCUT2D eigenvalue weighted by Gasteiger charge is -2.32. The summed E-state index contributed by atoms with van der Waals surface area (Å²) in [5, 5.41) is 6.08. The van der Waals surface area contributed by atoms with Crippen molar-refractivity contribution in [2.45, 2.75) is 23.8 Å². The molecule has 3 heterocycles. The highest BCUT2D eigenvalue weighted by molar-refractivity contribution is 14.1. The van der Waals surface area contributed by atoms with E-state index in [0.29, 0.717) is 41.5 Å². The molecule has 1 fully saturated rings. The summed E-state index contributed by atoms with van der Waals surface area (Å²) >= 11 is 1.04. The second-order valence-corrected chi connectivity index (χ2v) is 13.1. The zero-order chi connectivity index (χ0) is 32.4. The van der Waals surface area contributed by atoms with Crippen molar-refractivity contribution in [1.82, 2.24) is 19.8 Å². The van der Waals surface area contributed by atoms with Crippen molar-refractivity contribution in [3.8, 4) is 0 Å². The number of likely N-dealkylation sites (N-methyl/N-ethyl adjacent to an activating group) is 1. The number of benzene rings is 3. The van der Waals surface area contributed by atoms with Gasteiger partial charge in [0.15, 0.2) is 0 Å². The van der Waals surface area contributed by atoms with Crippen molar-refractivity contribution in [2.75, 3.05) is 55.3 Å².